The Morgan fingerprint density at radius 1 is 1.56 bits per heavy atom. The summed E-state index contributed by atoms with van der Waals surface area (Å²) in [4.78, 5) is 3.83. The molecule has 0 aliphatic carbocycles. The van der Waals surface area contributed by atoms with Crippen LogP contribution in [0.1, 0.15) is 24.3 Å². The summed E-state index contributed by atoms with van der Waals surface area (Å²) in [6, 6.07) is 2.65. The number of ether oxygens (including phenoxy) is 1. The van der Waals surface area contributed by atoms with Crippen molar-refractivity contribution in [2.45, 2.75) is 32.5 Å². The molecule has 1 aliphatic heterocycles. The average molecular weight is 264 g/mol. The van der Waals surface area contributed by atoms with Crippen molar-refractivity contribution in [2.24, 2.45) is 5.73 Å². The van der Waals surface area contributed by atoms with Gasteiger partial charge in [-0.05, 0) is 19.9 Å². The lowest BCUT2D eigenvalue weighted by Gasteiger charge is -2.36. The van der Waals surface area contributed by atoms with Crippen LogP contribution in [0.2, 0.25) is 0 Å². The summed E-state index contributed by atoms with van der Waals surface area (Å²) in [5.41, 5.74) is 6.45. The molecule has 0 saturated carbocycles. The molecule has 0 radical (unpaired) electrons. The molecule has 1 aromatic rings. The maximum Gasteiger partial charge on any atom is 0.0674 e. The number of nitrogens with zero attached hydrogens (tertiary/aromatic N) is 1. The fourth-order valence-electron chi connectivity index (χ4n) is 2.07. The van der Waals surface area contributed by atoms with E-state index in [1.54, 1.807) is 11.3 Å². The molecule has 2 atom stereocenters. The molecule has 2 N–H and O–H groups in total. The number of nitrogens with two attached hydrogens (primary N) is 1. The van der Waals surface area contributed by atoms with E-state index in [9.17, 15) is 0 Å². The Bertz CT molecular complexity index is 446. The Morgan fingerprint density at radius 2 is 2.39 bits per heavy atom. The van der Waals surface area contributed by atoms with Crippen LogP contribution in [-0.2, 0) is 11.3 Å². The van der Waals surface area contributed by atoms with Gasteiger partial charge in [-0.15, -0.1) is 11.3 Å². The van der Waals surface area contributed by atoms with Crippen LogP contribution in [0.5, 0.6) is 0 Å². The predicted molar refractivity (Wildman–Crippen MR) is 75.5 cm³/mol. The van der Waals surface area contributed by atoms with Crippen molar-refractivity contribution in [2.75, 3.05) is 19.7 Å². The van der Waals surface area contributed by atoms with E-state index in [-0.39, 0.29) is 0 Å². The minimum atomic E-state index is 0.331. The van der Waals surface area contributed by atoms with Gasteiger partial charge in [-0.25, -0.2) is 0 Å². The van der Waals surface area contributed by atoms with Gasteiger partial charge in [0.25, 0.3) is 0 Å². The van der Waals surface area contributed by atoms with E-state index in [4.69, 9.17) is 10.5 Å². The minimum absolute atomic E-state index is 0.331. The normalized spacial score (nSPS) is 24.6. The second-order valence-electron chi connectivity index (χ2n) is 4.73. The number of thiophene rings is 1. The number of hydrogen-bond donors (Lipinski definition) is 1. The molecule has 18 heavy (non-hydrogen) atoms. The first-order chi connectivity index (χ1) is 8.69. The van der Waals surface area contributed by atoms with Gasteiger partial charge in [0.2, 0.25) is 0 Å². The molecule has 1 saturated heterocycles. The third kappa shape index (κ3) is 3.56. The van der Waals surface area contributed by atoms with Crippen LogP contribution in [0.15, 0.2) is 11.4 Å². The fraction of sp³-hybridized carbons (Fsp3) is 0.571. The van der Waals surface area contributed by atoms with Gasteiger partial charge in [-0.1, -0.05) is 11.8 Å². The van der Waals surface area contributed by atoms with Crippen molar-refractivity contribution in [3.8, 4) is 11.8 Å². The lowest BCUT2D eigenvalue weighted by atomic mass is 10.2. The molecular formula is C14H20N2OS. The second-order valence-corrected chi connectivity index (χ2v) is 5.73. The standard InChI is InChI=1S/C14H20N2OS/c1-11-9-17-12(2)7-16(11)8-14-6-13(10-18-14)4-3-5-15/h6,10-12H,5,7-9,15H2,1-2H3. The van der Waals surface area contributed by atoms with Crippen molar-refractivity contribution in [3.63, 3.8) is 0 Å². The SMILES string of the molecule is CC1CN(Cc2cc(C#CCN)cs2)C(C)CO1. The first kappa shape index (κ1) is 13.6. The second kappa shape index (κ2) is 6.35. The molecule has 4 heteroatoms. The number of rotatable bonds is 2. The topological polar surface area (TPSA) is 38.5 Å². The van der Waals surface area contributed by atoms with Crippen molar-refractivity contribution in [3.05, 3.63) is 21.9 Å². The lowest BCUT2D eigenvalue weighted by molar-refractivity contribution is -0.0523. The summed E-state index contributed by atoms with van der Waals surface area (Å²) >= 11 is 1.77. The Morgan fingerprint density at radius 3 is 3.17 bits per heavy atom. The Kier molecular flexibility index (Phi) is 4.79. The maximum absolute atomic E-state index is 5.64. The summed E-state index contributed by atoms with van der Waals surface area (Å²) in [6.45, 7) is 7.59. The van der Waals surface area contributed by atoms with E-state index in [1.165, 1.54) is 4.88 Å². The van der Waals surface area contributed by atoms with E-state index in [1.807, 2.05) is 0 Å². The Hall–Kier alpha value is -0.860. The molecule has 2 heterocycles. The van der Waals surface area contributed by atoms with E-state index < -0.39 is 0 Å². The molecule has 0 aromatic carbocycles. The van der Waals surface area contributed by atoms with Crippen LogP contribution < -0.4 is 5.73 Å². The molecule has 1 fully saturated rings. The molecule has 1 aromatic heterocycles. The molecule has 2 unspecified atom stereocenters. The van der Waals surface area contributed by atoms with Crippen molar-refractivity contribution in [1.29, 1.82) is 0 Å². The lowest BCUT2D eigenvalue weighted by Crippen LogP contribution is -2.46. The highest BCUT2D eigenvalue weighted by atomic mass is 32.1. The van der Waals surface area contributed by atoms with Crippen LogP contribution in [0.4, 0.5) is 0 Å². The smallest absolute Gasteiger partial charge is 0.0674 e. The highest BCUT2D eigenvalue weighted by Gasteiger charge is 2.23. The summed E-state index contributed by atoms with van der Waals surface area (Å²) < 4.78 is 5.64. The zero-order valence-electron chi connectivity index (χ0n) is 11.0. The number of morpholine rings is 1. The van der Waals surface area contributed by atoms with Gasteiger partial charge in [-0.3, -0.25) is 4.90 Å². The van der Waals surface area contributed by atoms with E-state index in [0.29, 0.717) is 18.7 Å². The van der Waals surface area contributed by atoms with Crippen LogP contribution in [-0.4, -0.2) is 36.7 Å². The Labute approximate surface area is 113 Å². The average Bonchev–Trinajstić information content (AvgIpc) is 2.79. The summed E-state index contributed by atoms with van der Waals surface area (Å²) in [7, 11) is 0. The van der Waals surface area contributed by atoms with Gasteiger partial charge in [0.1, 0.15) is 0 Å². The van der Waals surface area contributed by atoms with E-state index in [0.717, 1.165) is 25.3 Å². The highest BCUT2D eigenvalue weighted by Crippen LogP contribution is 2.20. The summed E-state index contributed by atoms with van der Waals surface area (Å²) in [6.07, 6.45) is 0.331. The van der Waals surface area contributed by atoms with E-state index in [2.05, 4.69) is 42.0 Å². The third-order valence-electron chi connectivity index (χ3n) is 3.08. The third-order valence-corrected chi connectivity index (χ3v) is 4.01. The van der Waals surface area contributed by atoms with Gasteiger partial charge >= 0.3 is 0 Å². The van der Waals surface area contributed by atoms with Crippen LogP contribution in [0.25, 0.3) is 0 Å². The zero-order valence-corrected chi connectivity index (χ0v) is 11.8. The Balaban J connectivity index is 1.98. The zero-order chi connectivity index (χ0) is 13.0. The van der Waals surface area contributed by atoms with Gasteiger partial charge in [-0.2, -0.15) is 0 Å². The molecule has 2 rings (SSSR count). The molecule has 98 valence electrons. The highest BCUT2D eigenvalue weighted by molar-refractivity contribution is 7.10. The quantitative estimate of drug-likeness (QED) is 0.826. The first-order valence-electron chi connectivity index (χ1n) is 6.31. The minimum Gasteiger partial charge on any atom is -0.376 e. The molecule has 0 spiro atoms. The molecule has 0 amide bonds. The van der Waals surface area contributed by atoms with Gasteiger partial charge in [0.05, 0.1) is 19.3 Å². The van der Waals surface area contributed by atoms with Gasteiger partial charge in [0, 0.05) is 35.0 Å². The maximum atomic E-state index is 5.64. The molecule has 1 aliphatic rings. The van der Waals surface area contributed by atoms with Crippen LogP contribution in [0, 0.1) is 11.8 Å². The van der Waals surface area contributed by atoms with Crippen molar-refractivity contribution >= 4 is 11.3 Å². The fourth-order valence-corrected chi connectivity index (χ4v) is 2.92. The monoisotopic (exact) mass is 264 g/mol. The first-order valence-corrected chi connectivity index (χ1v) is 7.19. The molecular weight excluding hydrogens is 244 g/mol. The van der Waals surface area contributed by atoms with E-state index >= 15 is 0 Å². The molecule has 0 bridgehead atoms. The number of hydrogen-bond acceptors (Lipinski definition) is 4. The van der Waals surface area contributed by atoms with Crippen molar-refractivity contribution < 1.29 is 4.74 Å². The summed E-state index contributed by atoms with van der Waals surface area (Å²) in [5, 5.41) is 2.10. The predicted octanol–water partition coefficient (Wildman–Crippen LogP) is 1.67. The largest absolute Gasteiger partial charge is 0.376 e. The molecule has 3 nitrogen and oxygen atoms in total. The van der Waals surface area contributed by atoms with Gasteiger partial charge < -0.3 is 10.5 Å². The van der Waals surface area contributed by atoms with Crippen molar-refractivity contribution in [1.82, 2.24) is 4.90 Å². The van der Waals surface area contributed by atoms with Gasteiger partial charge in [0.15, 0.2) is 0 Å². The summed E-state index contributed by atoms with van der Waals surface area (Å²) in [5.74, 6) is 5.96. The van der Waals surface area contributed by atoms with Crippen LogP contribution in [0.3, 0.4) is 0 Å². The van der Waals surface area contributed by atoms with Crippen LogP contribution >= 0.6 is 11.3 Å².